The van der Waals surface area contributed by atoms with E-state index in [-0.39, 0.29) is 68.6 Å². The molecule has 0 aromatic heterocycles. The molecule has 0 bridgehead atoms. The molecule has 16 nitrogen and oxygen atoms in total. The fraction of sp³-hybridized carbons (Fsp3) is 0.560. The van der Waals surface area contributed by atoms with Crippen LogP contribution in [0.15, 0.2) is 48.5 Å². The van der Waals surface area contributed by atoms with Crippen LogP contribution < -0.4 is 42.5 Å². The quantitative estimate of drug-likeness (QED) is 0.109. The number of urea groups is 1. The van der Waals surface area contributed by atoms with E-state index in [4.69, 9.17) is 12.8 Å². The third-order valence-corrected chi connectivity index (χ3v) is 13.9. The van der Waals surface area contributed by atoms with Crippen LogP contribution in [-0.2, 0) is 36.8 Å². The summed E-state index contributed by atoms with van der Waals surface area (Å²) in [5.41, 5.74) is 4.51. The highest BCUT2D eigenvalue weighted by molar-refractivity contribution is 5.94. The van der Waals surface area contributed by atoms with Gasteiger partial charge in [0, 0.05) is 38.0 Å². The van der Waals surface area contributed by atoms with Crippen molar-refractivity contribution in [1.82, 2.24) is 52.3 Å². The maximum atomic E-state index is 14.4. The average Bonchev–Trinajstić information content (AvgIpc) is 3.95. The summed E-state index contributed by atoms with van der Waals surface area (Å²) < 4.78 is 0. The second kappa shape index (κ2) is 23.0. The summed E-state index contributed by atoms with van der Waals surface area (Å²) in [6.45, 7) is 5.62. The van der Waals surface area contributed by atoms with Crippen LogP contribution in [0.5, 0.6) is 0 Å². The standard InChI is InChI=1S/C50H68N10O6/c1-8-16-39(55-45(61)30(3)51-6)32(5)59-28-35(26-43(59)47(63)56-40-24-14-20-33-18-10-12-22-37(33)40)53-50(66)54-36-27-44(48(64)57-41-25-15-21-34-19-11-13-23-38(34)41)60(29-36)49(65)42(17-9-2)58-46(62)31(4)52-7/h1-2,10-13,18-19,22-23,30-32,35-36,39-44,51-52H,14-17,20-21,24-29H2,3-7H3,(H,55,61)(H,56,63)(H,57,64)(H,58,62)(H2,53,54,66)/t30-,31-,32?,35-,36-,39-,40+,41+,42-,43-,44-/m0/s1. The molecule has 0 spiro atoms. The fourth-order valence-corrected chi connectivity index (χ4v) is 9.95. The number of nitrogens with one attached hydrogen (secondary N) is 8. The number of hydrogen-bond acceptors (Lipinski definition) is 9. The minimum Gasteiger partial charge on any atom is -0.349 e. The van der Waals surface area contributed by atoms with Gasteiger partial charge in [-0.25, -0.2) is 4.79 Å². The number of benzene rings is 2. The van der Waals surface area contributed by atoms with Crippen molar-refractivity contribution in [3.63, 3.8) is 0 Å². The van der Waals surface area contributed by atoms with Crippen LogP contribution in [0.2, 0.25) is 0 Å². The lowest BCUT2D eigenvalue weighted by atomic mass is 9.87. The molecule has 6 rings (SSSR count). The van der Waals surface area contributed by atoms with Crippen molar-refractivity contribution in [3.05, 3.63) is 70.8 Å². The molecule has 4 aliphatic rings. The molecule has 8 N–H and O–H groups in total. The first-order valence-electron chi connectivity index (χ1n) is 23.5. The number of amides is 7. The zero-order valence-corrected chi connectivity index (χ0v) is 39.0. The van der Waals surface area contributed by atoms with Crippen molar-refractivity contribution in [1.29, 1.82) is 0 Å². The Labute approximate surface area is 389 Å². The maximum absolute atomic E-state index is 14.4. The molecule has 0 radical (unpaired) electrons. The molecule has 2 aromatic carbocycles. The number of aryl methyl sites for hydroxylation is 2. The maximum Gasteiger partial charge on any atom is 0.315 e. The Bertz CT molecular complexity index is 2170. The lowest BCUT2D eigenvalue weighted by molar-refractivity contribution is -0.141. The summed E-state index contributed by atoms with van der Waals surface area (Å²) in [6, 6.07) is 9.37. The number of carbonyl (C=O) groups is 6. The van der Waals surface area contributed by atoms with Gasteiger partial charge in [0.15, 0.2) is 0 Å². The molecule has 1 unspecified atom stereocenters. The number of hydrogen-bond donors (Lipinski definition) is 8. The topological polar surface area (TPSA) is 205 Å². The highest BCUT2D eigenvalue weighted by Crippen LogP contribution is 2.33. The summed E-state index contributed by atoms with van der Waals surface area (Å²) in [6.07, 6.45) is 17.2. The molecule has 2 heterocycles. The van der Waals surface area contributed by atoms with Crippen molar-refractivity contribution >= 4 is 35.6 Å². The molecule has 2 aliphatic carbocycles. The second-order valence-corrected chi connectivity index (χ2v) is 18.3. The first-order valence-corrected chi connectivity index (χ1v) is 23.5. The molecule has 354 valence electrons. The van der Waals surface area contributed by atoms with Crippen molar-refractivity contribution in [2.75, 3.05) is 27.2 Å². The Morgan fingerprint density at radius 2 is 1.17 bits per heavy atom. The lowest BCUT2D eigenvalue weighted by Crippen LogP contribution is -2.57. The Kier molecular flexibility index (Phi) is 17.2. The second-order valence-electron chi connectivity index (χ2n) is 18.3. The van der Waals surface area contributed by atoms with Gasteiger partial charge in [-0.1, -0.05) is 48.5 Å². The van der Waals surface area contributed by atoms with E-state index in [2.05, 4.69) is 72.6 Å². The van der Waals surface area contributed by atoms with Crippen molar-refractivity contribution < 1.29 is 28.8 Å². The van der Waals surface area contributed by atoms with Crippen molar-refractivity contribution in [3.8, 4) is 24.7 Å². The summed E-state index contributed by atoms with van der Waals surface area (Å²) >= 11 is 0. The monoisotopic (exact) mass is 905 g/mol. The van der Waals surface area contributed by atoms with E-state index in [0.29, 0.717) is 0 Å². The zero-order chi connectivity index (χ0) is 47.5. The van der Waals surface area contributed by atoms with E-state index in [0.717, 1.165) is 49.7 Å². The molecule has 16 heteroatoms. The molecular weight excluding hydrogens is 837 g/mol. The third-order valence-electron chi connectivity index (χ3n) is 13.9. The molecule has 2 fully saturated rings. The number of nitrogens with zero attached hydrogens (tertiary/aromatic N) is 2. The van der Waals surface area contributed by atoms with Gasteiger partial charge < -0.3 is 47.4 Å². The molecule has 7 amide bonds. The molecule has 66 heavy (non-hydrogen) atoms. The molecule has 2 aromatic rings. The minimum absolute atomic E-state index is 0.00958. The van der Waals surface area contributed by atoms with E-state index >= 15 is 0 Å². The summed E-state index contributed by atoms with van der Waals surface area (Å²) in [4.78, 5) is 86.5. The van der Waals surface area contributed by atoms with E-state index in [9.17, 15) is 28.8 Å². The van der Waals surface area contributed by atoms with E-state index in [1.807, 2.05) is 42.2 Å². The van der Waals surface area contributed by atoms with Crippen molar-refractivity contribution in [2.24, 2.45) is 0 Å². The highest BCUT2D eigenvalue weighted by atomic mass is 16.2. The van der Waals surface area contributed by atoms with Crippen LogP contribution in [0.4, 0.5) is 4.79 Å². The summed E-state index contributed by atoms with van der Waals surface area (Å²) in [5.74, 6) is 3.47. The Morgan fingerprint density at radius 3 is 1.71 bits per heavy atom. The number of rotatable bonds is 17. The minimum atomic E-state index is -1.10. The molecular formula is C50H68N10O6. The van der Waals surface area contributed by atoms with Crippen LogP contribution in [0, 0.1) is 24.7 Å². The van der Waals surface area contributed by atoms with E-state index in [1.54, 1.807) is 27.9 Å². The third kappa shape index (κ3) is 11.9. The Hall–Kier alpha value is -5.94. The van der Waals surface area contributed by atoms with E-state index < -0.39 is 72.2 Å². The zero-order valence-electron chi connectivity index (χ0n) is 39.0. The Morgan fingerprint density at radius 1 is 0.667 bits per heavy atom. The number of carbonyl (C=O) groups excluding carboxylic acids is 6. The summed E-state index contributed by atoms with van der Waals surface area (Å²) in [5, 5.41) is 24.3. The largest absolute Gasteiger partial charge is 0.349 e. The van der Waals surface area contributed by atoms with Gasteiger partial charge in [0.25, 0.3) is 0 Å². The van der Waals surface area contributed by atoms with Gasteiger partial charge in [-0.05, 0) is 108 Å². The van der Waals surface area contributed by atoms with Gasteiger partial charge in [0.1, 0.15) is 12.1 Å². The fourth-order valence-electron chi connectivity index (χ4n) is 9.95. The first kappa shape index (κ1) is 49.5. The predicted octanol–water partition coefficient (Wildman–Crippen LogP) is 1.71. The Balaban J connectivity index is 1.19. The molecule has 2 saturated heterocycles. The smallest absolute Gasteiger partial charge is 0.315 e. The number of fused-ring (bicyclic) bond motifs is 2. The van der Waals surface area contributed by atoms with Gasteiger partial charge in [0.2, 0.25) is 29.5 Å². The van der Waals surface area contributed by atoms with Crippen molar-refractivity contribution in [2.45, 2.75) is 151 Å². The highest BCUT2D eigenvalue weighted by Gasteiger charge is 2.45. The number of likely N-dealkylation sites (N-methyl/N-ethyl adjacent to an activating group) is 2. The SMILES string of the molecule is C#CC[C@H](NC(=O)[C@H](C)NC)C(=O)N1C[C@@H](NC(=O)N[C@H]2C[C@@H](C(=O)N[C@@H]3CCCc4ccccc43)N(C(C)[C@H](CC#C)NC(=O)[C@H](C)NC)C2)C[C@H]1C(=O)N[C@@H]1CCCc2ccccc21. The van der Waals surface area contributed by atoms with Gasteiger partial charge >= 0.3 is 6.03 Å². The molecule has 2 aliphatic heterocycles. The average molecular weight is 905 g/mol. The summed E-state index contributed by atoms with van der Waals surface area (Å²) in [7, 11) is 3.33. The predicted molar refractivity (Wildman–Crippen MR) is 252 cm³/mol. The molecule has 0 saturated carbocycles. The number of terminal acetylenes is 2. The molecule has 11 atom stereocenters. The van der Waals surface area contributed by atoms with Crippen LogP contribution in [0.3, 0.4) is 0 Å². The van der Waals surface area contributed by atoms with Gasteiger partial charge in [-0.15, -0.1) is 24.7 Å². The van der Waals surface area contributed by atoms with Crippen LogP contribution >= 0.6 is 0 Å². The van der Waals surface area contributed by atoms with Crippen LogP contribution in [0.1, 0.15) is 106 Å². The van der Waals surface area contributed by atoms with Gasteiger partial charge in [0.05, 0.1) is 42.3 Å². The number of likely N-dealkylation sites (tertiary alicyclic amines) is 2. The van der Waals surface area contributed by atoms with Gasteiger partial charge in [-0.2, -0.15) is 0 Å². The van der Waals surface area contributed by atoms with Crippen LogP contribution in [0.25, 0.3) is 0 Å². The first-order chi connectivity index (χ1) is 31.8. The van der Waals surface area contributed by atoms with Gasteiger partial charge in [-0.3, -0.25) is 28.9 Å². The van der Waals surface area contributed by atoms with E-state index in [1.165, 1.54) is 16.0 Å². The van der Waals surface area contributed by atoms with Crippen LogP contribution in [-0.4, -0.2) is 127 Å². The normalized spacial score (nSPS) is 24.6. The lowest BCUT2D eigenvalue weighted by Gasteiger charge is -2.36.